The van der Waals surface area contributed by atoms with Crippen LogP contribution in [0.25, 0.3) is 32.9 Å². The molecule has 0 spiro atoms. The van der Waals surface area contributed by atoms with Crippen molar-refractivity contribution in [3.63, 3.8) is 0 Å². The van der Waals surface area contributed by atoms with Crippen LogP contribution in [0.1, 0.15) is 46.8 Å². The molecule has 6 nitrogen and oxygen atoms in total. The van der Waals surface area contributed by atoms with Crippen LogP contribution in [0, 0.1) is 0 Å². The zero-order valence-electron chi connectivity index (χ0n) is 23.1. The van der Waals surface area contributed by atoms with Crippen molar-refractivity contribution in [2.45, 2.75) is 31.7 Å². The molecule has 0 unspecified atom stereocenters. The number of Topliss-reactive ketones (excluding diaryl/α,β-unsaturated/α-hetero) is 1. The Labute approximate surface area is 253 Å². The van der Waals surface area contributed by atoms with Gasteiger partial charge in [0.2, 0.25) is 0 Å². The van der Waals surface area contributed by atoms with Gasteiger partial charge in [-0.05, 0) is 48.6 Å². The molecule has 6 aromatic rings. The minimum atomic E-state index is 0.160. The summed E-state index contributed by atoms with van der Waals surface area (Å²) in [6.45, 7) is 1.95. The molecular formula is C34H31N5OS2. The van der Waals surface area contributed by atoms with Crippen LogP contribution in [0.3, 0.4) is 0 Å². The highest BCUT2D eigenvalue weighted by Gasteiger charge is 2.24. The van der Waals surface area contributed by atoms with Gasteiger partial charge >= 0.3 is 0 Å². The first-order valence-electron chi connectivity index (χ1n) is 14.3. The van der Waals surface area contributed by atoms with Gasteiger partial charge in [-0.25, -0.2) is 4.98 Å². The fourth-order valence-corrected chi connectivity index (χ4v) is 7.05. The molecule has 7 rings (SSSR count). The molecule has 8 heteroatoms. The summed E-state index contributed by atoms with van der Waals surface area (Å²) in [6.07, 6.45) is 9.25. The van der Waals surface area contributed by atoms with E-state index in [1.807, 2.05) is 54.2 Å². The third-order valence-electron chi connectivity index (χ3n) is 8.43. The number of aryl methyl sites for hydroxylation is 1. The third kappa shape index (κ3) is 5.01. The Morgan fingerprint density at radius 1 is 1.05 bits per heavy atom. The third-order valence-corrected chi connectivity index (χ3v) is 9.50. The Balaban J connectivity index is 1.20. The maximum Gasteiger partial charge on any atom is 0.185 e. The van der Waals surface area contributed by atoms with Crippen molar-refractivity contribution in [1.29, 1.82) is 0 Å². The highest BCUT2D eigenvalue weighted by molar-refractivity contribution is 7.80. The molecule has 3 aromatic heterocycles. The number of benzene rings is 3. The van der Waals surface area contributed by atoms with Crippen LogP contribution in [-0.4, -0.2) is 38.4 Å². The number of ketones is 1. The Hall–Kier alpha value is -4.27. The van der Waals surface area contributed by atoms with Crippen LogP contribution in [0.4, 0.5) is 5.13 Å². The van der Waals surface area contributed by atoms with Gasteiger partial charge in [0.1, 0.15) is 4.99 Å². The molecule has 0 atom stereocenters. The Kier molecular flexibility index (Phi) is 7.09. The minimum Gasteiger partial charge on any atom is -0.389 e. The maximum absolute atomic E-state index is 13.2. The van der Waals surface area contributed by atoms with Gasteiger partial charge in [0, 0.05) is 88.0 Å². The second-order valence-electron chi connectivity index (χ2n) is 11.0. The Morgan fingerprint density at radius 3 is 2.71 bits per heavy atom. The standard InChI is InChI=1S/C34H31N5OS2/c35-33(41)24-5-3-4-23(19-24)29-21-39(25-12-15-38(16-13-25)34-36-14-17-42-34)31-18-22(8-10-27(29)31)9-11-32(40)28-20-37-30-7-2-1-6-26(28)30/h1-8,10,14,17-21,25,37H,9,11-13,15-16H2,(H2,35,41). The topological polar surface area (TPSA) is 79.9 Å². The highest BCUT2D eigenvalue weighted by Crippen LogP contribution is 2.37. The van der Waals surface area contributed by atoms with Gasteiger partial charge in [-0.1, -0.05) is 60.7 Å². The highest BCUT2D eigenvalue weighted by atomic mass is 32.1. The number of nitrogens with zero attached hydrogens (tertiary/aromatic N) is 3. The molecule has 1 aliphatic rings. The van der Waals surface area contributed by atoms with Crippen LogP contribution in [-0.2, 0) is 6.42 Å². The SMILES string of the molecule is NC(=S)c1cccc(-c2cn(C3CCN(c4nccs4)CC3)c3cc(CCC(=O)c4c[nH]c5ccccc45)ccc23)c1. The van der Waals surface area contributed by atoms with E-state index in [2.05, 4.69) is 56.0 Å². The molecular weight excluding hydrogens is 559 g/mol. The first-order chi connectivity index (χ1) is 20.5. The molecule has 3 N–H and O–H groups in total. The van der Waals surface area contributed by atoms with Gasteiger partial charge in [-0.3, -0.25) is 4.79 Å². The molecule has 0 saturated carbocycles. The molecule has 0 radical (unpaired) electrons. The lowest BCUT2D eigenvalue weighted by molar-refractivity contribution is 0.0984. The van der Waals surface area contributed by atoms with Crippen molar-refractivity contribution in [2.75, 3.05) is 18.0 Å². The quantitative estimate of drug-likeness (QED) is 0.142. The van der Waals surface area contributed by atoms with Gasteiger partial charge in [0.15, 0.2) is 10.9 Å². The molecule has 0 amide bonds. The number of thiazole rings is 1. The lowest BCUT2D eigenvalue weighted by Crippen LogP contribution is -2.34. The molecule has 1 saturated heterocycles. The normalized spacial score (nSPS) is 14.1. The number of aromatic nitrogens is 3. The average Bonchev–Trinajstić information content (AvgIpc) is 3.79. The number of nitrogens with one attached hydrogen (secondary N) is 1. The van der Waals surface area contributed by atoms with E-state index in [4.69, 9.17) is 18.0 Å². The predicted molar refractivity (Wildman–Crippen MR) is 177 cm³/mol. The number of anilines is 1. The number of hydrogen-bond donors (Lipinski definition) is 2. The van der Waals surface area contributed by atoms with E-state index in [0.717, 1.165) is 58.7 Å². The second-order valence-corrected chi connectivity index (χ2v) is 12.3. The largest absolute Gasteiger partial charge is 0.389 e. The lowest BCUT2D eigenvalue weighted by atomic mass is 9.99. The van der Waals surface area contributed by atoms with Gasteiger partial charge in [-0.2, -0.15) is 0 Å². The minimum absolute atomic E-state index is 0.160. The number of rotatable bonds is 8. The molecule has 4 heterocycles. The van der Waals surface area contributed by atoms with E-state index in [0.29, 0.717) is 23.9 Å². The number of carbonyl (C=O) groups is 1. The van der Waals surface area contributed by atoms with Gasteiger partial charge in [0.25, 0.3) is 0 Å². The van der Waals surface area contributed by atoms with Crippen molar-refractivity contribution in [1.82, 2.24) is 14.5 Å². The number of piperidine rings is 1. The summed E-state index contributed by atoms with van der Waals surface area (Å²) in [6, 6.07) is 23.2. The number of fused-ring (bicyclic) bond motifs is 2. The van der Waals surface area contributed by atoms with Crippen molar-refractivity contribution in [3.05, 3.63) is 107 Å². The summed E-state index contributed by atoms with van der Waals surface area (Å²) in [7, 11) is 0. The molecule has 1 aliphatic heterocycles. The molecule has 210 valence electrons. The molecule has 42 heavy (non-hydrogen) atoms. The van der Waals surface area contributed by atoms with Crippen molar-refractivity contribution < 1.29 is 4.79 Å². The summed E-state index contributed by atoms with van der Waals surface area (Å²) in [5.74, 6) is 0.160. The second kappa shape index (κ2) is 11.2. The smallest absolute Gasteiger partial charge is 0.185 e. The fraction of sp³-hybridized carbons (Fsp3) is 0.206. The zero-order chi connectivity index (χ0) is 28.6. The van der Waals surface area contributed by atoms with Gasteiger partial charge < -0.3 is 20.2 Å². The summed E-state index contributed by atoms with van der Waals surface area (Å²) in [5, 5.41) is 5.33. The summed E-state index contributed by atoms with van der Waals surface area (Å²) in [5.41, 5.74) is 13.3. The number of aromatic amines is 1. The first kappa shape index (κ1) is 26.6. The summed E-state index contributed by atoms with van der Waals surface area (Å²) < 4.78 is 2.46. The van der Waals surface area contributed by atoms with Crippen molar-refractivity contribution in [3.8, 4) is 11.1 Å². The number of H-pyrrole nitrogens is 1. The fourth-order valence-electron chi connectivity index (χ4n) is 6.23. The van der Waals surface area contributed by atoms with Crippen LogP contribution >= 0.6 is 23.6 Å². The molecule has 0 bridgehead atoms. The maximum atomic E-state index is 13.2. The number of para-hydroxylation sites is 1. The lowest BCUT2D eigenvalue weighted by Gasteiger charge is -2.33. The van der Waals surface area contributed by atoms with E-state index in [1.54, 1.807) is 11.3 Å². The van der Waals surface area contributed by atoms with E-state index in [1.165, 1.54) is 22.0 Å². The predicted octanol–water partition coefficient (Wildman–Crippen LogP) is 7.54. The number of hydrogen-bond acceptors (Lipinski definition) is 5. The molecule has 0 aliphatic carbocycles. The molecule has 1 fully saturated rings. The van der Waals surface area contributed by atoms with E-state index in [9.17, 15) is 4.79 Å². The van der Waals surface area contributed by atoms with Crippen molar-refractivity contribution >= 4 is 61.3 Å². The van der Waals surface area contributed by atoms with Crippen LogP contribution in [0.5, 0.6) is 0 Å². The van der Waals surface area contributed by atoms with E-state index < -0.39 is 0 Å². The van der Waals surface area contributed by atoms with Crippen LogP contribution < -0.4 is 10.6 Å². The summed E-state index contributed by atoms with van der Waals surface area (Å²) >= 11 is 6.98. The van der Waals surface area contributed by atoms with Crippen molar-refractivity contribution in [2.24, 2.45) is 5.73 Å². The molecule has 3 aromatic carbocycles. The van der Waals surface area contributed by atoms with E-state index in [-0.39, 0.29) is 5.78 Å². The Bertz CT molecular complexity index is 1910. The van der Waals surface area contributed by atoms with E-state index >= 15 is 0 Å². The number of nitrogens with two attached hydrogens (primary N) is 1. The summed E-state index contributed by atoms with van der Waals surface area (Å²) in [4.78, 5) is 23.8. The van der Waals surface area contributed by atoms with Crippen LogP contribution in [0.15, 0.2) is 90.7 Å². The monoisotopic (exact) mass is 589 g/mol. The first-order valence-corrected chi connectivity index (χ1v) is 15.6. The number of carbonyl (C=O) groups excluding carboxylic acids is 1. The Morgan fingerprint density at radius 2 is 1.90 bits per heavy atom. The van der Waals surface area contributed by atoms with Crippen LogP contribution in [0.2, 0.25) is 0 Å². The van der Waals surface area contributed by atoms with Gasteiger partial charge in [-0.15, -0.1) is 11.3 Å². The number of thiocarbonyl (C=S) groups is 1. The van der Waals surface area contributed by atoms with Gasteiger partial charge in [0.05, 0.1) is 0 Å². The zero-order valence-corrected chi connectivity index (χ0v) is 24.8. The average molecular weight is 590 g/mol.